The van der Waals surface area contributed by atoms with Gasteiger partial charge in [-0.25, -0.2) is 0 Å². The molecule has 2 unspecified atom stereocenters. The number of hydrogen-bond donors (Lipinski definition) is 2. The highest BCUT2D eigenvalue weighted by Gasteiger charge is 2.26. The Bertz CT molecular complexity index is 564. The van der Waals surface area contributed by atoms with Gasteiger partial charge >= 0.3 is 0 Å². The lowest BCUT2D eigenvalue weighted by Gasteiger charge is -2.28. The molecule has 1 aliphatic carbocycles. The summed E-state index contributed by atoms with van der Waals surface area (Å²) in [6.07, 6.45) is 6.51. The molecule has 114 valence electrons. The highest BCUT2D eigenvalue weighted by molar-refractivity contribution is 7.10. The second-order valence-electron chi connectivity index (χ2n) is 5.58. The van der Waals surface area contributed by atoms with Gasteiger partial charge in [0.2, 0.25) is 0 Å². The van der Waals surface area contributed by atoms with Gasteiger partial charge in [-0.05, 0) is 37.1 Å². The van der Waals surface area contributed by atoms with E-state index in [1.807, 2.05) is 22.2 Å². The number of nitrogens with zero attached hydrogens (tertiary/aromatic N) is 2. The van der Waals surface area contributed by atoms with Gasteiger partial charge in [-0.3, -0.25) is 4.68 Å². The average molecular weight is 305 g/mol. The van der Waals surface area contributed by atoms with Crippen LogP contribution in [0.3, 0.4) is 0 Å². The molecule has 2 aromatic heterocycles. The summed E-state index contributed by atoms with van der Waals surface area (Å²) in [5.74, 6) is 0. The molecule has 0 bridgehead atoms. The van der Waals surface area contributed by atoms with Crippen LogP contribution >= 0.6 is 11.3 Å². The van der Waals surface area contributed by atoms with Crippen LogP contribution in [0, 0.1) is 0 Å². The first-order valence-corrected chi connectivity index (χ1v) is 8.66. The largest absolute Gasteiger partial charge is 0.394 e. The maximum absolute atomic E-state index is 9.14. The van der Waals surface area contributed by atoms with E-state index >= 15 is 0 Å². The van der Waals surface area contributed by atoms with E-state index in [4.69, 9.17) is 5.11 Å². The lowest BCUT2D eigenvalue weighted by Crippen LogP contribution is -2.28. The Morgan fingerprint density at radius 3 is 3.19 bits per heavy atom. The summed E-state index contributed by atoms with van der Waals surface area (Å²) in [6, 6.07) is 5.14. The lowest BCUT2D eigenvalue weighted by molar-refractivity contribution is 0.266. The van der Waals surface area contributed by atoms with Gasteiger partial charge in [0.25, 0.3) is 0 Å². The van der Waals surface area contributed by atoms with Crippen molar-refractivity contribution in [1.82, 2.24) is 15.1 Å². The molecule has 21 heavy (non-hydrogen) atoms. The second-order valence-corrected chi connectivity index (χ2v) is 6.56. The van der Waals surface area contributed by atoms with Crippen LogP contribution in [0.1, 0.15) is 54.4 Å². The second kappa shape index (κ2) is 6.73. The fourth-order valence-corrected chi connectivity index (χ4v) is 4.08. The fourth-order valence-electron chi connectivity index (χ4n) is 3.21. The van der Waals surface area contributed by atoms with E-state index < -0.39 is 0 Å². The molecular formula is C16H23N3OS. The van der Waals surface area contributed by atoms with E-state index in [0.717, 1.165) is 12.8 Å². The highest BCUT2D eigenvalue weighted by atomic mass is 32.1. The predicted molar refractivity (Wildman–Crippen MR) is 85.5 cm³/mol. The van der Waals surface area contributed by atoms with Gasteiger partial charge < -0.3 is 10.4 Å². The molecule has 2 heterocycles. The van der Waals surface area contributed by atoms with Crippen LogP contribution in [0.2, 0.25) is 0 Å². The van der Waals surface area contributed by atoms with Gasteiger partial charge in [-0.2, -0.15) is 5.10 Å². The standard InChI is InChI=1S/C16H23N3OS/c1-2-13(16-7-4-10-21-16)18-14-5-3-6-15-12(14)11-17-19(15)8-9-20/h4,7,10-11,13-14,18,20H,2-3,5-6,8-9H2,1H3. The van der Waals surface area contributed by atoms with Crippen molar-refractivity contribution in [3.63, 3.8) is 0 Å². The highest BCUT2D eigenvalue weighted by Crippen LogP contribution is 2.33. The summed E-state index contributed by atoms with van der Waals surface area (Å²) in [7, 11) is 0. The van der Waals surface area contributed by atoms with Crippen molar-refractivity contribution < 1.29 is 5.11 Å². The van der Waals surface area contributed by atoms with Crippen LogP contribution in [0.5, 0.6) is 0 Å². The molecule has 0 radical (unpaired) electrons. The first-order valence-electron chi connectivity index (χ1n) is 7.78. The predicted octanol–water partition coefficient (Wildman–Crippen LogP) is 3.06. The summed E-state index contributed by atoms with van der Waals surface area (Å²) in [5.41, 5.74) is 2.62. The number of rotatable bonds is 6. The fraction of sp³-hybridized carbons (Fsp3) is 0.562. The van der Waals surface area contributed by atoms with E-state index in [-0.39, 0.29) is 6.61 Å². The lowest BCUT2D eigenvalue weighted by atomic mass is 9.92. The summed E-state index contributed by atoms with van der Waals surface area (Å²) < 4.78 is 1.97. The van der Waals surface area contributed by atoms with Crippen LogP contribution in [0.15, 0.2) is 23.7 Å². The molecule has 0 aliphatic heterocycles. The molecule has 0 saturated carbocycles. The summed E-state index contributed by atoms with van der Waals surface area (Å²) in [5, 5.41) is 19.6. The van der Waals surface area contributed by atoms with Crippen molar-refractivity contribution in [1.29, 1.82) is 0 Å². The molecule has 0 aromatic carbocycles. The van der Waals surface area contributed by atoms with Crippen molar-refractivity contribution in [3.05, 3.63) is 39.8 Å². The average Bonchev–Trinajstić information content (AvgIpc) is 3.16. The first kappa shape index (κ1) is 14.8. The third-order valence-corrected chi connectivity index (χ3v) is 5.26. The molecule has 4 nitrogen and oxygen atoms in total. The van der Waals surface area contributed by atoms with Gasteiger partial charge in [-0.15, -0.1) is 11.3 Å². The van der Waals surface area contributed by atoms with Crippen molar-refractivity contribution in [2.24, 2.45) is 0 Å². The minimum Gasteiger partial charge on any atom is -0.394 e. The van der Waals surface area contributed by atoms with E-state index in [0.29, 0.717) is 18.6 Å². The number of aromatic nitrogens is 2. The zero-order chi connectivity index (χ0) is 14.7. The third kappa shape index (κ3) is 3.05. The number of aliphatic hydroxyl groups excluding tert-OH is 1. The Morgan fingerprint density at radius 2 is 2.48 bits per heavy atom. The molecule has 2 N–H and O–H groups in total. The molecule has 2 atom stereocenters. The smallest absolute Gasteiger partial charge is 0.0644 e. The molecule has 3 rings (SSSR count). The van der Waals surface area contributed by atoms with Crippen molar-refractivity contribution in [2.75, 3.05) is 6.61 Å². The van der Waals surface area contributed by atoms with Crippen molar-refractivity contribution in [3.8, 4) is 0 Å². The van der Waals surface area contributed by atoms with Crippen LogP contribution in [0.25, 0.3) is 0 Å². The number of fused-ring (bicyclic) bond motifs is 1. The van der Waals surface area contributed by atoms with Gasteiger partial charge in [0, 0.05) is 28.2 Å². The number of thiophene rings is 1. The topological polar surface area (TPSA) is 50.1 Å². The maximum Gasteiger partial charge on any atom is 0.0644 e. The van der Waals surface area contributed by atoms with Gasteiger partial charge in [0.05, 0.1) is 19.3 Å². The number of hydrogen-bond acceptors (Lipinski definition) is 4. The van der Waals surface area contributed by atoms with E-state index in [9.17, 15) is 0 Å². The molecule has 5 heteroatoms. The molecule has 0 amide bonds. The quantitative estimate of drug-likeness (QED) is 0.862. The van der Waals surface area contributed by atoms with E-state index in [2.05, 4.69) is 34.9 Å². The van der Waals surface area contributed by atoms with Crippen molar-refractivity contribution in [2.45, 2.75) is 51.2 Å². The maximum atomic E-state index is 9.14. The zero-order valence-corrected chi connectivity index (χ0v) is 13.3. The van der Waals surface area contributed by atoms with Gasteiger partial charge in [-0.1, -0.05) is 13.0 Å². The van der Waals surface area contributed by atoms with Crippen molar-refractivity contribution >= 4 is 11.3 Å². The SMILES string of the molecule is CCC(NC1CCCc2c1cnn2CCO)c1cccs1. The van der Waals surface area contributed by atoms with E-state index in [1.54, 1.807) is 0 Å². The Balaban J connectivity index is 1.78. The normalized spacial score (nSPS) is 19.4. The molecule has 0 saturated heterocycles. The Labute approximate surface area is 129 Å². The third-order valence-electron chi connectivity index (χ3n) is 4.27. The molecule has 1 aliphatic rings. The molecular weight excluding hydrogens is 282 g/mol. The van der Waals surface area contributed by atoms with Crippen LogP contribution in [0.4, 0.5) is 0 Å². The Morgan fingerprint density at radius 1 is 1.57 bits per heavy atom. The van der Waals surface area contributed by atoms with Gasteiger partial charge in [0.15, 0.2) is 0 Å². The summed E-state index contributed by atoms with van der Waals surface area (Å²) >= 11 is 1.82. The summed E-state index contributed by atoms with van der Waals surface area (Å²) in [4.78, 5) is 1.41. The number of aliphatic hydroxyl groups is 1. The van der Waals surface area contributed by atoms with Gasteiger partial charge in [0.1, 0.15) is 0 Å². The van der Waals surface area contributed by atoms with Crippen LogP contribution < -0.4 is 5.32 Å². The summed E-state index contributed by atoms with van der Waals surface area (Å²) in [6.45, 7) is 2.99. The Hall–Kier alpha value is -1.17. The molecule has 0 fully saturated rings. The minimum absolute atomic E-state index is 0.152. The Kier molecular flexibility index (Phi) is 4.73. The first-order chi connectivity index (χ1) is 10.3. The number of nitrogens with one attached hydrogen (secondary N) is 1. The van der Waals surface area contributed by atoms with Crippen LogP contribution in [-0.2, 0) is 13.0 Å². The molecule has 0 spiro atoms. The van der Waals surface area contributed by atoms with Crippen LogP contribution in [-0.4, -0.2) is 21.5 Å². The monoisotopic (exact) mass is 305 g/mol. The minimum atomic E-state index is 0.152. The molecule has 2 aromatic rings. The van der Waals surface area contributed by atoms with E-state index in [1.165, 1.54) is 29.0 Å². The zero-order valence-electron chi connectivity index (χ0n) is 12.5.